The third kappa shape index (κ3) is 2.32. The third-order valence-electron chi connectivity index (χ3n) is 0.989. The van der Waals surface area contributed by atoms with Crippen LogP contribution in [0.5, 0.6) is 0 Å². The molecule has 0 bridgehead atoms. The molecule has 0 atom stereocenters. The van der Waals surface area contributed by atoms with E-state index in [1.54, 1.807) is 12.4 Å². The molecule has 1 nitrogen and oxygen atoms in total. The number of rotatable bonds is 0. The largest absolute Gasteiger partial charge is 0.264 e. The van der Waals surface area contributed by atoms with Crippen LogP contribution in [0.3, 0.4) is 0 Å². The van der Waals surface area contributed by atoms with E-state index in [2.05, 4.69) is 52.8 Å². The second kappa shape index (κ2) is 3.32. The van der Waals surface area contributed by atoms with Crippen LogP contribution in [0, 0.1) is 0 Å². The molecule has 1 rings (SSSR count). The molecule has 54 valence electrons. The average molecular weight is 330 g/mol. The number of hydrogen-bond donors (Lipinski definition) is 0. The Morgan fingerprint density at radius 2 is 2.00 bits per heavy atom. The summed E-state index contributed by atoms with van der Waals surface area (Å²) < 4.78 is -0.332. The Hall–Kier alpha value is 0.590. The van der Waals surface area contributed by atoms with Crippen LogP contribution < -0.4 is 0 Å². The molecule has 1 heterocycles. The molecular weight excluding hydrogens is 326 g/mol. The minimum atomic E-state index is -0.332. The van der Waals surface area contributed by atoms with Gasteiger partial charge in [-0.05, 0) is 6.07 Å². The van der Waals surface area contributed by atoms with Crippen molar-refractivity contribution in [3.63, 3.8) is 0 Å². The number of pyridine rings is 1. The highest BCUT2D eigenvalue weighted by atomic mass is 80.0. The first kappa shape index (κ1) is 8.68. The minimum Gasteiger partial charge on any atom is -0.264 e. The molecule has 0 aliphatic heterocycles. The van der Waals surface area contributed by atoms with Gasteiger partial charge in [-0.1, -0.05) is 53.9 Å². The first-order chi connectivity index (χ1) is 4.61. The Kier molecular flexibility index (Phi) is 2.89. The second-order valence-corrected chi connectivity index (χ2v) is 8.50. The smallest absolute Gasteiger partial charge is 0.161 e. The molecule has 0 N–H and O–H groups in total. The van der Waals surface area contributed by atoms with Gasteiger partial charge in [-0.15, -0.1) is 0 Å². The van der Waals surface area contributed by atoms with Crippen LogP contribution in [0.15, 0.2) is 24.5 Å². The number of halogens is 3. The summed E-state index contributed by atoms with van der Waals surface area (Å²) in [6.45, 7) is 0. The van der Waals surface area contributed by atoms with Crippen molar-refractivity contribution in [2.75, 3.05) is 0 Å². The van der Waals surface area contributed by atoms with Crippen LogP contribution in [0.2, 0.25) is 0 Å². The van der Waals surface area contributed by atoms with Gasteiger partial charge < -0.3 is 0 Å². The van der Waals surface area contributed by atoms with E-state index < -0.39 is 0 Å². The molecule has 0 unspecified atom stereocenters. The van der Waals surface area contributed by atoms with Gasteiger partial charge in [-0.2, -0.15) is 0 Å². The van der Waals surface area contributed by atoms with Crippen molar-refractivity contribution in [1.82, 2.24) is 4.98 Å². The molecule has 0 radical (unpaired) electrons. The van der Waals surface area contributed by atoms with Gasteiger partial charge in [-0.3, -0.25) is 4.98 Å². The summed E-state index contributed by atoms with van der Waals surface area (Å²) in [6, 6.07) is 3.85. The second-order valence-electron chi connectivity index (χ2n) is 1.74. The highest BCUT2D eigenvalue weighted by molar-refractivity contribution is 9.38. The van der Waals surface area contributed by atoms with Gasteiger partial charge in [0.1, 0.15) is 0 Å². The summed E-state index contributed by atoms with van der Waals surface area (Å²) in [7, 11) is 0. The third-order valence-corrected chi connectivity index (χ3v) is 2.36. The fraction of sp³-hybridized carbons (Fsp3) is 0.167. The molecule has 0 aliphatic carbocycles. The van der Waals surface area contributed by atoms with Crippen LogP contribution in [-0.2, 0) is 2.14 Å². The van der Waals surface area contributed by atoms with E-state index in [9.17, 15) is 0 Å². The molecule has 1 aromatic rings. The average Bonchev–Trinajstić information content (AvgIpc) is 1.88. The molecule has 4 heteroatoms. The molecule has 0 fully saturated rings. The zero-order chi connectivity index (χ0) is 7.61. The lowest BCUT2D eigenvalue weighted by atomic mass is 10.3. The van der Waals surface area contributed by atoms with Gasteiger partial charge in [0.2, 0.25) is 0 Å². The van der Waals surface area contributed by atoms with E-state index in [0.717, 1.165) is 5.56 Å². The number of hydrogen-bond acceptors (Lipinski definition) is 1. The van der Waals surface area contributed by atoms with E-state index in [-0.39, 0.29) is 2.14 Å². The Bertz CT molecular complexity index is 204. The first-order valence-corrected chi connectivity index (χ1v) is 4.96. The molecule has 0 aromatic carbocycles. The molecule has 0 spiro atoms. The lowest BCUT2D eigenvalue weighted by Crippen LogP contribution is -1.96. The highest BCUT2D eigenvalue weighted by Gasteiger charge is 2.19. The van der Waals surface area contributed by atoms with Crippen molar-refractivity contribution < 1.29 is 0 Å². The van der Waals surface area contributed by atoms with Gasteiger partial charge >= 0.3 is 0 Å². The standard InChI is InChI=1S/C6H4Br3N/c7-6(8,9)5-2-1-3-10-4-5/h1-4H. The first-order valence-electron chi connectivity index (χ1n) is 2.58. The Balaban J connectivity index is 2.97. The van der Waals surface area contributed by atoms with E-state index in [4.69, 9.17) is 0 Å². The monoisotopic (exact) mass is 327 g/mol. The Morgan fingerprint density at radius 3 is 2.30 bits per heavy atom. The van der Waals surface area contributed by atoms with Crippen molar-refractivity contribution in [2.24, 2.45) is 0 Å². The predicted octanol–water partition coefficient (Wildman–Crippen LogP) is 3.38. The summed E-state index contributed by atoms with van der Waals surface area (Å²) in [5, 5.41) is 0. The topological polar surface area (TPSA) is 12.9 Å². The predicted molar refractivity (Wildman–Crippen MR) is 52.7 cm³/mol. The van der Waals surface area contributed by atoms with Gasteiger partial charge in [0.05, 0.1) is 0 Å². The molecule has 10 heavy (non-hydrogen) atoms. The van der Waals surface area contributed by atoms with Crippen LogP contribution in [0.1, 0.15) is 5.56 Å². The van der Waals surface area contributed by atoms with E-state index in [1.165, 1.54) is 0 Å². The van der Waals surface area contributed by atoms with Crippen molar-refractivity contribution in [2.45, 2.75) is 2.14 Å². The van der Waals surface area contributed by atoms with Gasteiger partial charge in [0, 0.05) is 18.0 Å². The van der Waals surface area contributed by atoms with Crippen LogP contribution in [-0.4, -0.2) is 4.98 Å². The molecule has 0 saturated heterocycles. The summed E-state index contributed by atoms with van der Waals surface area (Å²) in [6.07, 6.45) is 3.51. The van der Waals surface area contributed by atoms with E-state index in [1.807, 2.05) is 12.1 Å². The maximum absolute atomic E-state index is 3.96. The minimum absolute atomic E-state index is 0.332. The zero-order valence-corrected chi connectivity index (χ0v) is 9.65. The van der Waals surface area contributed by atoms with E-state index >= 15 is 0 Å². The van der Waals surface area contributed by atoms with E-state index in [0.29, 0.717) is 0 Å². The SMILES string of the molecule is BrC(Br)(Br)c1cccnc1. The molecular formula is C6H4Br3N. The molecule has 0 aliphatic rings. The number of nitrogens with zero attached hydrogens (tertiary/aromatic N) is 1. The summed E-state index contributed by atoms with van der Waals surface area (Å²) >= 11 is 10.1. The van der Waals surface area contributed by atoms with Gasteiger partial charge in [-0.25, -0.2) is 0 Å². The normalized spacial score (nSPS) is 11.5. The van der Waals surface area contributed by atoms with Gasteiger partial charge in [0.15, 0.2) is 2.14 Å². The number of alkyl halides is 3. The fourth-order valence-corrected chi connectivity index (χ4v) is 1.23. The van der Waals surface area contributed by atoms with Gasteiger partial charge in [0.25, 0.3) is 0 Å². The van der Waals surface area contributed by atoms with Crippen LogP contribution in [0.4, 0.5) is 0 Å². The Labute approximate surface area is 84.6 Å². The Morgan fingerprint density at radius 1 is 1.30 bits per heavy atom. The molecule has 0 amide bonds. The maximum atomic E-state index is 3.96. The lowest BCUT2D eigenvalue weighted by Gasteiger charge is -2.10. The lowest BCUT2D eigenvalue weighted by molar-refractivity contribution is 1.23. The maximum Gasteiger partial charge on any atom is 0.161 e. The van der Waals surface area contributed by atoms with Crippen molar-refractivity contribution in [1.29, 1.82) is 0 Å². The van der Waals surface area contributed by atoms with Crippen LogP contribution >= 0.6 is 47.8 Å². The number of aromatic nitrogens is 1. The highest BCUT2D eigenvalue weighted by Crippen LogP contribution is 2.43. The van der Waals surface area contributed by atoms with Crippen LogP contribution in [0.25, 0.3) is 0 Å². The van der Waals surface area contributed by atoms with Crippen molar-refractivity contribution in [3.8, 4) is 0 Å². The molecule has 1 aromatic heterocycles. The molecule has 0 saturated carbocycles. The summed E-state index contributed by atoms with van der Waals surface area (Å²) in [5.41, 5.74) is 1.04. The van der Waals surface area contributed by atoms with Crippen molar-refractivity contribution in [3.05, 3.63) is 30.1 Å². The summed E-state index contributed by atoms with van der Waals surface area (Å²) in [4.78, 5) is 3.96. The zero-order valence-electron chi connectivity index (χ0n) is 4.89. The fourth-order valence-electron chi connectivity index (χ4n) is 0.530. The van der Waals surface area contributed by atoms with Crippen molar-refractivity contribution >= 4 is 47.8 Å². The summed E-state index contributed by atoms with van der Waals surface area (Å²) in [5.74, 6) is 0. The quantitative estimate of drug-likeness (QED) is 0.665.